The molecular weight excluding hydrogens is 309 g/mol. The van der Waals surface area contributed by atoms with Crippen molar-refractivity contribution in [3.8, 4) is 0 Å². The predicted octanol–water partition coefficient (Wildman–Crippen LogP) is 3.59. The Hall–Kier alpha value is -1.68. The number of carbonyl (C=O) groups excluding carboxylic acids is 2. The van der Waals surface area contributed by atoms with Crippen LogP contribution in [-0.2, 0) is 9.59 Å². The molecule has 0 bridgehead atoms. The molecule has 2 atom stereocenters. The summed E-state index contributed by atoms with van der Waals surface area (Å²) in [5.74, 6) is 0. The lowest BCUT2D eigenvalue weighted by Gasteiger charge is -2.21. The van der Waals surface area contributed by atoms with Crippen LogP contribution in [-0.4, -0.2) is 10.5 Å². The van der Waals surface area contributed by atoms with E-state index in [2.05, 4.69) is 5.32 Å². The summed E-state index contributed by atoms with van der Waals surface area (Å²) in [6.07, 6.45) is 0. The van der Waals surface area contributed by atoms with E-state index in [1.54, 1.807) is 48.5 Å². The number of benzene rings is 2. The second kappa shape index (κ2) is 7.36. The average molecular weight is 322 g/mol. The predicted molar refractivity (Wildman–Crippen MR) is 83.2 cm³/mol. The third-order valence-electron chi connectivity index (χ3n) is 3.05. The minimum atomic E-state index is -0.805. The Labute approximate surface area is 132 Å². The second-order valence-corrected chi connectivity index (χ2v) is 5.21. The van der Waals surface area contributed by atoms with Crippen molar-refractivity contribution >= 4 is 33.7 Å². The van der Waals surface area contributed by atoms with Crippen molar-refractivity contribution in [1.82, 2.24) is 5.32 Å². The number of halogens is 2. The van der Waals surface area contributed by atoms with Gasteiger partial charge >= 0.3 is 0 Å². The van der Waals surface area contributed by atoms with Crippen LogP contribution in [0.3, 0.4) is 0 Å². The molecule has 2 aromatic carbocycles. The van der Waals surface area contributed by atoms with Gasteiger partial charge in [-0.05, 0) is 34.3 Å². The molecule has 2 aromatic rings. The Bertz CT molecular complexity index is 561. The first kappa shape index (κ1) is 15.7. The topological polar surface area (TPSA) is 46.2 Å². The largest absolute Gasteiger partial charge is 0.288 e. The molecule has 0 spiro atoms. The van der Waals surface area contributed by atoms with Gasteiger partial charge in [0, 0.05) is 0 Å². The SMILES string of the molecule is O=C(Cl)[C@H](N[C@@H](C(=O)Cl)c1ccccc1)c1ccccc1. The Morgan fingerprint density at radius 3 is 1.33 bits per heavy atom. The number of hydrogen-bond acceptors (Lipinski definition) is 3. The van der Waals surface area contributed by atoms with Gasteiger partial charge in [0.15, 0.2) is 0 Å². The van der Waals surface area contributed by atoms with Crippen LogP contribution in [0.4, 0.5) is 0 Å². The van der Waals surface area contributed by atoms with Crippen LogP contribution in [0.5, 0.6) is 0 Å². The van der Waals surface area contributed by atoms with Crippen molar-refractivity contribution in [2.45, 2.75) is 12.1 Å². The Kier molecular flexibility index (Phi) is 5.51. The monoisotopic (exact) mass is 321 g/mol. The summed E-state index contributed by atoms with van der Waals surface area (Å²) in [5.41, 5.74) is 1.35. The van der Waals surface area contributed by atoms with E-state index in [0.717, 1.165) is 0 Å². The minimum Gasteiger partial charge on any atom is -0.288 e. The van der Waals surface area contributed by atoms with E-state index >= 15 is 0 Å². The molecular formula is C16H13Cl2NO2. The molecule has 0 aliphatic heterocycles. The van der Waals surface area contributed by atoms with Crippen LogP contribution in [0.15, 0.2) is 60.7 Å². The summed E-state index contributed by atoms with van der Waals surface area (Å²) in [4.78, 5) is 23.4. The van der Waals surface area contributed by atoms with Gasteiger partial charge in [-0.2, -0.15) is 0 Å². The van der Waals surface area contributed by atoms with Gasteiger partial charge in [-0.25, -0.2) is 0 Å². The van der Waals surface area contributed by atoms with Crippen LogP contribution in [0.2, 0.25) is 0 Å². The van der Waals surface area contributed by atoms with Crippen molar-refractivity contribution < 1.29 is 9.59 Å². The molecule has 5 heteroatoms. The Morgan fingerprint density at radius 2 is 1.05 bits per heavy atom. The van der Waals surface area contributed by atoms with E-state index in [9.17, 15) is 9.59 Å². The van der Waals surface area contributed by atoms with Crippen molar-refractivity contribution in [1.29, 1.82) is 0 Å². The molecule has 108 valence electrons. The molecule has 0 fully saturated rings. The highest BCUT2D eigenvalue weighted by Crippen LogP contribution is 2.23. The lowest BCUT2D eigenvalue weighted by molar-refractivity contribution is -0.115. The maximum absolute atomic E-state index is 11.7. The van der Waals surface area contributed by atoms with Crippen LogP contribution < -0.4 is 5.32 Å². The first-order valence-electron chi connectivity index (χ1n) is 6.34. The third kappa shape index (κ3) is 4.14. The van der Waals surface area contributed by atoms with E-state index in [1.807, 2.05) is 12.1 Å². The minimum absolute atomic E-state index is 0.597. The zero-order valence-electron chi connectivity index (χ0n) is 11.0. The number of hydrogen-bond donors (Lipinski definition) is 1. The van der Waals surface area contributed by atoms with E-state index in [-0.39, 0.29) is 0 Å². The lowest BCUT2D eigenvalue weighted by atomic mass is 10.0. The zero-order chi connectivity index (χ0) is 15.2. The van der Waals surface area contributed by atoms with Crippen molar-refractivity contribution in [3.63, 3.8) is 0 Å². The summed E-state index contributed by atoms with van der Waals surface area (Å²) in [7, 11) is 0. The molecule has 0 aromatic heterocycles. The molecule has 21 heavy (non-hydrogen) atoms. The molecule has 0 saturated heterocycles. The van der Waals surface area contributed by atoms with E-state index in [0.29, 0.717) is 11.1 Å². The molecule has 1 N–H and O–H groups in total. The fourth-order valence-corrected chi connectivity index (χ4v) is 2.42. The van der Waals surface area contributed by atoms with Gasteiger partial charge < -0.3 is 0 Å². The van der Waals surface area contributed by atoms with Gasteiger partial charge in [-0.3, -0.25) is 14.9 Å². The maximum Gasteiger partial charge on any atom is 0.243 e. The van der Waals surface area contributed by atoms with Gasteiger partial charge in [-0.15, -0.1) is 0 Å². The molecule has 0 radical (unpaired) electrons. The number of rotatable bonds is 6. The van der Waals surface area contributed by atoms with Crippen molar-refractivity contribution in [3.05, 3.63) is 71.8 Å². The zero-order valence-corrected chi connectivity index (χ0v) is 12.5. The van der Waals surface area contributed by atoms with Gasteiger partial charge in [0.25, 0.3) is 0 Å². The molecule has 0 heterocycles. The highest BCUT2D eigenvalue weighted by atomic mass is 35.5. The first-order valence-corrected chi connectivity index (χ1v) is 7.10. The molecule has 0 amide bonds. The van der Waals surface area contributed by atoms with E-state index in [1.165, 1.54) is 0 Å². The van der Waals surface area contributed by atoms with Gasteiger partial charge in [0.2, 0.25) is 10.5 Å². The summed E-state index contributed by atoms with van der Waals surface area (Å²) in [5, 5.41) is 1.73. The molecule has 2 rings (SSSR count). The molecule has 0 aliphatic rings. The van der Waals surface area contributed by atoms with Crippen LogP contribution in [0, 0.1) is 0 Å². The van der Waals surface area contributed by atoms with Crippen molar-refractivity contribution in [2.24, 2.45) is 0 Å². The maximum atomic E-state index is 11.7. The smallest absolute Gasteiger partial charge is 0.243 e. The summed E-state index contributed by atoms with van der Waals surface area (Å²) in [6, 6.07) is 16.3. The molecule has 0 saturated carbocycles. The Balaban J connectivity index is 2.30. The number of nitrogens with one attached hydrogen (secondary N) is 1. The van der Waals surface area contributed by atoms with Crippen molar-refractivity contribution in [2.75, 3.05) is 0 Å². The van der Waals surface area contributed by atoms with E-state index < -0.39 is 22.6 Å². The fourth-order valence-electron chi connectivity index (χ4n) is 2.04. The standard InChI is InChI=1S/C16H13Cl2NO2/c17-15(20)13(11-7-3-1-4-8-11)19-14(16(18)21)12-9-5-2-6-10-12/h1-10,13-14,19H/t13-,14-/m1/s1. The molecule has 0 unspecified atom stereocenters. The third-order valence-corrected chi connectivity index (χ3v) is 3.49. The quantitative estimate of drug-likeness (QED) is 0.827. The normalized spacial score (nSPS) is 13.4. The highest BCUT2D eigenvalue weighted by molar-refractivity contribution is 6.65. The fraction of sp³-hybridized carbons (Fsp3) is 0.125. The van der Waals surface area contributed by atoms with Gasteiger partial charge in [0.05, 0.1) is 0 Å². The number of carbonyl (C=O) groups is 2. The lowest BCUT2D eigenvalue weighted by Crippen LogP contribution is -2.33. The second-order valence-electron chi connectivity index (χ2n) is 4.46. The molecule has 3 nitrogen and oxygen atoms in total. The average Bonchev–Trinajstić information content (AvgIpc) is 2.49. The summed E-state index contributed by atoms with van der Waals surface area (Å²) in [6.45, 7) is 0. The summed E-state index contributed by atoms with van der Waals surface area (Å²) >= 11 is 11.3. The van der Waals surface area contributed by atoms with Crippen LogP contribution >= 0.6 is 23.2 Å². The van der Waals surface area contributed by atoms with E-state index in [4.69, 9.17) is 23.2 Å². The van der Waals surface area contributed by atoms with Crippen LogP contribution in [0.25, 0.3) is 0 Å². The Morgan fingerprint density at radius 1 is 0.714 bits per heavy atom. The summed E-state index contributed by atoms with van der Waals surface area (Å²) < 4.78 is 0. The van der Waals surface area contributed by atoms with Crippen LogP contribution in [0.1, 0.15) is 23.2 Å². The first-order chi connectivity index (χ1) is 10.1. The molecule has 0 aliphatic carbocycles. The van der Waals surface area contributed by atoms with Gasteiger partial charge in [0.1, 0.15) is 12.1 Å². The van der Waals surface area contributed by atoms with Gasteiger partial charge in [-0.1, -0.05) is 60.7 Å². The highest BCUT2D eigenvalue weighted by Gasteiger charge is 2.26.